The molecule has 2 heterocycles. The number of aliphatic imine (C=N–C) groups is 1. The first kappa shape index (κ1) is 24.0. The van der Waals surface area contributed by atoms with Gasteiger partial charge in [-0.2, -0.15) is 0 Å². The van der Waals surface area contributed by atoms with Crippen molar-refractivity contribution in [2.75, 3.05) is 32.5 Å². The molecule has 10 heteroatoms. The van der Waals surface area contributed by atoms with Gasteiger partial charge in [-0.05, 0) is 31.9 Å². The monoisotopic (exact) mass is 454 g/mol. The molecule has 1 aromatic heterocycles. The fraction of sp³-hybridized carbons (Fsp3) is 0.435. The molecule has 0 aliphatic carbocycles. The SMILES string of the molecule is CCN(C)C(=Nc1c(C=O)ccc2c1OCCCCCCCO2)NC(=O)c1cnc(N)nc1. The predicted molar refractivity (Wildman–Crippen MR) is 125 cm³/mol. The lowest BCUT2D eigenvalue weighted by atomic mass is 10.1. The maximum atomic E-state index is 12.8. The van der Waals surface area contributed by atoms with E-state index in [9.17, 15) is 9.59 Å². The zero-order valence-electron chi connectivity index (χ0n) is 19.0. The number of nitrogens with one attached hydrogen (secondary N) is 1. The molecule has 33 heavy (non-hydrogen) atoms. The molecule has 3 rings (SSSR count). The summed E-state index contributed by atoms with van der Waals surface area (Å²) in [4.78, 5) is 38.7. The van der Waals surface area contributed by atoms with Gasteiger partial charge >= 0.3 is 0 Å². The van der Waals surface area contributed by atoms with E-state index in [1.165, 1.54) is 12.4 Å². The van der Waals surface area contributed by atoms with Gasteiger partial charge in [-0.15, -0.1) is 0 Å². The highest BCUT2D eigenvalue weighted by Gasteiger charge is 2.20. The van der Waals surface area contributed by atoms with Gasteiger partial charge < -0.3 is 20.1 Å². The van der Waals surface area contributed by atoms with Crippen LogP contribution in [0.4, 0.5) is 11.6 Å². The zero-order chi connectivity index (χ0) is 23.6. The summed E-state index contributed by atoms with van der Waals surface area (Å²) in [7, 11) is 1.78. The normalized spacial score (nSPS) is 14.7. The number of aromatic nitrogens is 2. The summed E-state index contributed by atoms with van der Waals surface area (Å²) in [6, 6.07) is 3.37. The molecule has 0 spiro atoms. The van der Waals surface area contributed by atoms with Crippen molar-refractivity contribution in [1.82, 2.24) is 20.2 Å². The quantitative estimate of drug-likeness (QED) is 0.409. The molecule has 0 radical (unpaired) electrons. The number of carbonyl (C=O) groups excluding carboxylic acids is 2. The number of amides is 1. The van der Waals surface area contributed by atoms with E-state index in [0.717, 1.165) is 32.1 Å². The molecule has 0 saturated heterocycles. The van der Waals surface area contributed by atoms with Crippen LogP contribution in [0.25, 0.3) is 0 Å². The smallest absolute Gasteiger partial charge is 0.261 e. The van der Waals surface area contributed by atoms with E-state index >= 15 is 0 Å². The van der Waals surface area contributed by atoms with Crippen LogP contribution < -0.4 is 20.5 Å². The Bertz CT molecular complexity index is 993. The highest BCUT2D eigenvalue weighted by Crippen LogP contribution is 2.40. The van der Waals surface area contributed by atoms with E-state index < -0.39 is 5.91 Å². The Morgan fingerprint density at radius 3 is 2.48 bits per heavy atom. The molecule has 1 amide bonds. The first-order valence-electron chi connectivity index (χ1n) is 11.1. The predicted octanol–water partition coefficient (Wildman–Crippen LogP) is 2.96. The van der Waals surface area contributed by atoms with Crippen molar-refractivity contribution < 1.29 is 19.1 Å². The molecule has 0 saturated carbocycles. The Kier molecular flexibility index (Phi) is 8.56. The third-order valence-electron chi connectivity index (χ3n) is 5.26. The van der Waals surface area contributed by atoms with E-state index in [2.05, 4.69) is 20.3 Å². The fourth-order valence-electron chi connectivity index (χ4n) is 3.22. The van der Waals surface area contributed by atoms with Gasteiger partial charge in [0.2, 0.25) is 11.9 Å². The van der Waals surface area contributed by atoms with Crippen molar-refractivity contribution in [2.45, 2.75) is 39.0 Å². The molecule has 1 aliphatic heterocycles. The van der Waals surface area contributed by atoms with Crippen LogP contribution in [0, 0.1) is 0 Å². The Labute approximate surface area is 193 Å². The molecule has 1 aromatic carbocycles. The number of rotatable bonds is 4. The summed E-state index contributed by atoms with van der Waals surface area (Å²) in [5.41, 5.74) is 6.38. The summed E-state index contributed by atoms with van der Waals surface area (Å²) in [5.74, 6) is 0.784. The first-order chi connectivity index (χ1) is 16.0. The number of nitrogens with two attached hydrogens (primary N) is 1. The summed E-state index contributed by atoms with van der Waals surface area (Å²) in [6.07, 6.45) is 8.50. The average Bonchev–Trinajstić information content (AvgIpc) is 2.88. The van der Waals surface area contributed by atoms with Crippen molar-refractivity contribution in [2.24, 2.45) is 4.99 Å². The van der Waals surface area contributed by atoms with Gasteiger partial charge in [-0.3, -0.25) is 14.9 Å². The van der Waals surface area contributed by atoms with Crippen LogP contribution in [-0.4, -0.2) is 59.8 Å². The molecule has 0 fully saturated rings. The molecular weight excluding hydrogens is 424 g/mol. The van der Waals surface area contributed by atoms with Gasteiger partial charge in [-0.25, -0.2) is 15.0 Å². The molecule has 0 bridgehead atoms. The highest BCUT2D eigenvalue weighted by atomic mass is 16.5. The van der Waals surface area contributed by atoms with E-state index in [0.29, 0.717) is 48.8 Å². The van der Waals surface area contributed by atoms with Crippen LogP contribution in [0.1, 0.15) is 59.7 Å². The van der Waals surface area contributed by atoms with E-state index in [1.807, 2.05) is 6.92 Å². The summed E-state index contributed by atoms with van der Waals surface area (Å²) >= 11 is 0. The van der Waals surface area contributed by atoms with Crippen molar-refractivity contribution >= 4 is 29.8 Å². The van der Waals surface area contributed by atoms with Gasteiger partial charge in [-0.1, -0.05) is 19.3 Å². The van der Waals surface area contributed by atoms with E-state index in [-0.39, 0.29) is 17.5 Å². The number of hydrogen-bond donors (Lipinski definition) is 2. The van der Waals surface area contributed by atoms with Crippen LogP contribution in [0.15, 0.2) is 29.5 Å². The van der Waals surface area contributed by atoms with Gasteiger partial charge in [0, 0.05) is 31.5 Å². The minimum absolute atomic E-state index is 0.0734. The second-order valence-electron chi connectivity index (χ2n) is 7.65. The van der Waals surface area contributed by atoms with E-state index in [1.54, 1.807) is 24.1 Å². The number of nitrogens with zero attached hydrogens (tertiary/aromatic N) is 4. The van der Waals surface area contributed by atoms with Gasteiger partial charge in [0.15, 0.2) is 17.8 Å². The van der Waals surface area contributed by atoms with Crippen LogP contribution in [-0.2, 0) is 0 Å². The number of guanidine groups is 1. The van der Waals surface area contributed by atoms with Crippen molar-refractivity contribution in [1.29, 1.82) is 0 Å². The topological polar surface area (TPSA) is 132 Å². The maximum absolute atomic E-state index is 12.8. The molecular formula is C23H30N6O4. The number of carbonyl (C=O) groups is 2. The zero-order valence-corrected chi connectivity index (χ0v) is 19.0. The molecule has 10 nitrogen and oxygen atoms in total. The minimum atomic E-state index is -0.456. The van der Waals surface area contributed by atoms with Crippen LogP contribution >= 0.6 is 0 Å². The second-order valence-corrected chi connectivity index (χ2v) is 7.65. The number of aldehydes is 1. The molecule has 0 atom stereocenters. The number of nitrogen functional groups attached to an aromatic ring is 1. The van der Waals surface area contributed by atoms with E-state index in [4.69, 9.17) is 15.2 Å². The van der Waals surface area contributed by atoms with Crippen LogP contribution in [0.5, 0.6) is 11.5 Å². The van der Waals surface area contributed by atoms with Gasteiger partial charge in [0.25, 0.3) is 5.91 Å². The Balaban J connectivity index is 2.01. The molecule has 2 aromatic rings. The second kappa shape index (κ2) is 11.8. The third kappa shape index (κ3) is 6.41. The fourth-order valence-corrected chi connectivity index (χ4v) is 3.22. The Hall–Kier alpha value is -3.69. The lowest BCUT2D eigenvalue weighted by molar-refractivity contribution is 0.0972. The molecule has 1 aliphatic rings. The van der Waals surface area contributed by atoms with Gasteiger partial charge in [0.05, 0.1) is 18.8 Å². The Morgan fingerprint density at radius 2 is 1.82 bits per heavy atom. The number of benzene rings is 1. The number of anilines is 1. The Morgan fingerprint density at radius 1 is 1.15 bits per heavy atom. The first-order valence-corrected chi connectivity index (χ1v) is 11.1. The standard InChI is InChI=1S/C23H30N6O4/c1-3-29(2)23(28-21(31)17-13-25-22(24)26-14-17)27-19-16(15-30)9-10-18-20(19)33-12-8-6-4-5-7-11-32-18/h9-10,13-15H,3-8,11-12H2,1-2H3,(H2,24,25,26)(H,27,28,31). The van der Waals surface area contributed by atoms with Gasteiger partial charge in [0.1, 0.15) is 5.69 Å². The molecule has 0 unspecified atom stereocenters. The largest absolute Gasteiger partial charge is 0.490 e. The van der Waals surface area contributed by atoms with Crippen molar-refractivity contribution in [3.63, 3.8) is 0 Å². The minimum Gasteiger partial charge on any atom is -0.490 e. The lowest BCUT2D eigenvalue weighted by Gasteiger charge is -2.21. The number of hydrogen-bond acceptors (Lipinski definition) is 8. The average molecular weight is 455 g/mol. The summed E-state index contributed by atoms with van der Waals surface area (Å²) in [5, 5.41) is 2.77. The van der Waals surface area contributed by atoms with Crippen LogP contribution in [0.3, 0.4) is 0 Å². The molecule has 3 N–H and O–H groups in total. The summed E-state index contributed by atoms with van der Waals surface area (Å²) in [6.45, 7) is 3.51. The molecule has 176 valence electrons. The highest BCUT2D eigenvalue weighted by molar-refractivity contribution is 6.06. The van der Waals surface area contributed by atoms with Crippen molar-refractivity contribution in [3.8, 4) is 11.5 Å². The van der Waals surface area contributed by atoms with Crippen molar-refractivity contribution in [3.05, 3.63) is 35.7 Å². The summed E-state index contributed by atoms with van der Waals surface area (Å²) < 4.78 is 12.0. The number of fused-ring (bicyclic) bond motifs is 1. The lowest BCUT2D eigenvalue weighted by Crippen LogP contribution is -2.42. The maximum Gasteiger partial charge on any atom is 0.261 e. The van der Waals surface area contributed by atoms with Crippen LogP contribution in [0.2, 0.25) is 0 Å². The third-order valence-corrected chi connectivity index (χ3v) is 5.26. The number of ether oxygens (including phenoxy) is 2.